The van der Waals surface area contributed by atoms with Gasteiger partial charge in [-0.2, -0.15) is 5.10 Å². The fourth-order valence-electron chi connectivity index (χ4n) is 3.22. The van der Waals surface area contributed by atoms with Crippen LogP contribution in [-0.4, -0.2) is 39.0 Å². The monoisotopic (exact) mass is 285 g/mol. The number of rotatable bonds is 4. The van der Waals surface area contributed by atoms with E-state index in [0.29, 0.717) is 6.04 Å². The van der Waals surface area contributed by atoms with Crippen molar-refractivity contribution in [3.05, 3.63) is 47.3 Å². The Hall–Kier alpha value is -1.65. The maximum atomic E-state index is 9.43. The Morgan fingerprint density at radius 3 is 2.86 bits per heavy atom. The zero-order valence-electron chi connectivity index (χ0n) is 12.8. The standard InChI is InChI=1S/C17H23N3O/c1-13-9-14(2)20(18-13)16-6-3-5-15(10-16)11-19-8-4-7-17(19)12-21/h3,5-6,9-10,17,21H,4,7-8,11-12H2,1-2H3/t17-/m0/s1. The van der Waals surface area contributed by atoms with Gasteiger partial charge < -0.3 is 5.11 Å². The molecule has 0 unspecified atom stereocenters. The van der Waals surface area contributed by atoms with Gasteiger partial charge in [-0.25, -0.2) is 4.68 Å². The molecule has 1 aliphatic rings. The quantitative estimate of drug-likeness (QED) is 0.938. The summed E-state index contributed by atoms with van der Waals surface area (Å²) in [5, 5.41) is 14.0. The van der Waals surface area contributed by atoms with Crippen molar-refractivity contribution in [3.8, 4) is 5.69 Å². The molecule has 1 aromatic carbocycles. The molecule has 4 heteroatoms. The Kier molecular flexibility index (Phi) is 4.08. The predicted molar refractivity (Wildman–Crippen MR) is 83.6 cm³/mol. The lowest BCUT2D eigenvalue weighted by Crippen LogP contribution is -2.31. The van der Waals surface area contributed by atoms with E-state index in [2.05, 4.69) is 47.3 Å². The van der Waals surface area contributed by atoms with Gasteiger partial charge in [0.25, 0.3) is 0 Å². The van der Waals surface area contributed by atoms with Crippen LogP contribution in [0.2, 0.25) is 0 Å². The van der Waals surface area contributed by atoms with E-state index in [1.807, 2.05) is 11.6 Å². The molecular formula is C17H23N3O. The minimum Gasteiger partial charge on any atom is -0.395 e. The fourth-order valence-corrected chi connectivity index (χ4v) is 3.22. The highest BCUT2D eigenvalue weighted by atomic mass is 16.3. The van der Waals surface area contributed by atoms with Gasteiger partial charge in [0, 0.05) is 18.3 Å². The first-order chi connectivity index (χ1) is 10.2. The average Bonchev–Trinajstić information content (AvgIpc) is 3.05. The van der Waals surface area contributed by atoms with Gasteiger partial charge in [-0.3, -0.25) is 4.90 Å². The van der Waals surface area contributed by atoms with Crippen molar-refractivity contribution in [1.29, 1.82) is 0 Å². The molecule has 0 radical (unpaired) electrons. The zero-order valence-corrected chi connectivity index (χ0v) is 12.8. The molecule has 1 aliphatic heterocycles. The molecular weight excluding hydrogens is 262 g/mol. The molecule has 0 saturated carbocycles. The number of hydrogen-bond acceptors (Lipinski definition) is 3. The third-order valence-corrected chi connectivity index (χ3v) is 4.26. The van der Waals surface area contributed by atoms with Gasteiger partial charge in [-0.1, -0.05) is 12.1 Å². The van der Waals surface area contributed by atoms with Crippen LogP contribution in [-0.2, 0) is 6.54 Å². The Labute approximate surface area is 126 Å². The maximum absolute atomic E-state index is 9.43. The second kappa shape index (κ2) is 6.00. The first-order valence-electron chi connectivity index (χ1n) is 7.65. The molecule has 112 valence electrons. The normalized spacial score (nSPS) is 19.3. The highest BCUT2D eigenvalue weighted by Gasteiger charge is 2.23. The second-order valence-electron chi connectivity index (χ2n) is 5.96. The van der Waals surface area contributed by atoms with E-state index in [0.717, 1.165) is 36.6 Å². The molecule has 0 spiro atoms. The maximum Gasteiger partial charge on any atom is 0.0651 e. The van der Waals surface area contributed by atoms with Crippen LogP contribution in [0.25, 0.3) is 5.69 Å². The number of aromatic nitrogens is 2. The van der Waals surface area contributed by atoms with Crippen LogP contribution < -0.4 is 0 Å². The van der Waals surface area contributed by atoms with Crippen molar-refractivity contribution >= 4 is 0 Å². The van der Waals surface area contributed by atoms with Gasteiger partial charge in [0.2, 0.25) is 0 Å². The van der Waals surface area contributed by atoms with Crippen molar-refractivity contribution in [2.45, 2.75) is 39.3 Å². The van der Waals surface area contributed by atoms with Crippen LogP contribution in [0.1, 0.15) is 29.8 Å². The lowest BCUT2D eigenvalue weighted by Gasteiger charge is -2.22. The van der Waals surface area contributed by atoms with E-state index in [4.69, 9.17) is 0 Å². The summed E-state index contributed by atoms with van der Waals surface area (Å²) in [7, 11) is 0. The smallest absolute Gasteiger partial charge is 0.0651 e. The summed E-state index contributed by atoms with van der Waals surface area (Å²) in [6.07, 6.45) is 2.29. The van der Waals surface area contributed by atoms with Crippen molar-refractivity contribution in [1.82, 2.24) is 14.7 Å². The van der Waals surface area contributed by atoms with Crippen molar-refractivity contribution < 1.29 is 5.11 Å². The number of aliphatic hydroxyl groups excluding tert-OH is 1. The minimum absolute atomic E-state index is 0.261. The van der Waals surface area contributed by atoms with E-state index in [1.54, 1.807) is 0 Å². The van der Waals surface area contributed by atoms with Crippen LogP contribution in [0.4, 0.5) is 0 Å². The Morgan fingerprint density at radius 1 is 1.29 bits per heavy atom. The van der Waals surface area contributed by atoms with Crippen molar-refractivity contribution in [3.63, 3.8) is 0 Å². The predicted octanol–water partition coefficient (Wildman–Crippen LogP) is 2.45. The first kappa shape index (κ1) is 14.3. The van der Waals surface area contributed by atoms with Crippen LogP contribution in [0.5, 0.6) is 0 Å². The molecule has 1 N–H and O–H groups in total. The molecule has 1 fully saturated rings. The van der Waals surface area contributed by atoms with E-state index >= 15 is 0 Å². The molecule has 4 nitrogen and oxygen atoms in total. The van der Waals surface area contributed by atoms with Crippen LogP contribution in [0, 0.1) is 13.8 Å². The molecule has 3 rings (SSSR count). The van der Waals surface area contributed by atoms with Gasteiger partial charge in [0.1, 0.15) is 0 Å². The van der Waals surface area contributed by atoms with E-state index in [1.165, 1.54) is 12.0 Å². The van der Waals surface area contributed by atoms with Crippen LogP contribution in [0.3, 0.4) is 0 Å². The summed E-state index contributed by atoms with van der Waals surface area (Å²) < 4.78 is 1.99. The molecule has 1 aromatic heterocycles. The van der Waals surface area contributed by atoms with Crippen LogP contribution in [0.15, 0.2) is 30.3 Å². The number of hydrogen-bond donors (Lipinski definition) is 1. The van der Waals surface area contributed by atoms with Gasteiger partial charge in [0.15, 0.2) is 0 Å². The van der Waals surface area contributed by atoms with Crippen molar-refractivity contribution in [2.75, 3.05) is 13.2 Å². The molecule has 1 saturated heterocycles. The summed E-state index contributed by atoms with van der Waals surface area (Å²) in [6.45, 7) is 6.34. The topological polar surface area (TPSA) is 41.3 Å². The molecule has 21 heavy (non-hydrogen) atoms. The Morgan fingerprint density at radius 2 is 2.14 bits per heavy atom. The zero-order chi connectivity index (χ0) is 14.8. The van der Waals surface area contributed by atoms with Gasteiger partial charge in [0.05, 0.1) is 18.0 Å². The second-order valence-corrected chi connectivity index (χ2v) is 5.96. The lowest BCUT2D eigenvalue weighted by molar-refractivity contribution is 0.153. The third-order valence-electron chi connectivity index (χ3n) is 4.26. The number of aryl methyl sites for hydroxylation is 2. The summed E-state index contributed by atoms with van der Waals surface area (Å²) in [5.74, 6) is 0. The fraction of sp³-hybridized carbons (Fsp3) is 0.471. The van der Waals surface area contributed by atoms with Gasteiger partial charge in [-0.05, 0) is 57.0 Å². The SMILES string of the molecule is Cc1cc(C)n(-c2cccc(CN3CCC[C@H]3CO)c2)n1. The van der Waals surface area contributed by atoms with Gasteiger partial charge in [-0.15, -0.1) is 0 Å². The molecule has 0 bridgehead atoms. The van der Waals surface area contributed by atoms with E-state index in [-0.39, 0.29) is 6.61 Å². The molecule has 2 aromatic rings. The summed E-state index contributed by atoms with van der Waals surface area (Å²) in [4.78, 5) is 2.38. The van der Waals surface area contributed by atoms with Crippen molar-refractivity contribution in [2.24, 2.45) is 0 Å². The third kappa shape index (κ3) is 3.01. The molecule has 2 heterocycles. The average molecular weight is 285 g/mol. The highest BCUT2D eigenvalue weighted by Crippen LogP contribution is 2.21. The first-order valence-corrected chi connectivity index (χ1v) is 7.65. The van der Waals surface area contributed by atoms with E-state index in [9.17, 15) is 5.11 Å². The summed E-state index contributed by atoms with van der Waals surface area (Å²) >= 11 is 0. The number of nitrogens with zero attached hydrogens (tertiary/aromatic N) is 3. The number of aliphatic hydroxyl groups is 1. The molecule has 0 amide bonds. The van der Waals surface area contributed by atoms with Gasteiger partial charge >= 0.3 is 0 Å². The molecule has 0 aliphatic carbocycles. The van der Waals surface area contributed by atoms with Crippen LogP contribution >= 0.6 is 0 Å². The lowest BCUT2D eigenvalue weighted by atomic mass is 10.1. The molecule has 1 atom stereocenters. The highest BCUT2D eigenvalue weighted by molar-refractivity contribution is 5.37. The Balaban J connectivity index is 1.82. The summed E-state index contributed by atoms with van der Waals surface area (Å²) in [6, 6.07) is 11.0. The minimum atomic E-state index is 0.261. The number of likely N-dealkylation sites (tertiary alicyclic amines) is 1. The number of benzene rings is 1. The van der Waals surface area contributed by atoms with E-state index < -0.39 is 0 Å². The Bertz CT molecular complexity index is 620. The largest absolute Gasteiger partial charge is 0.395 e. The summed E-state index contributed by atoms with van der Waals surface area (Å²) in [5.41, 5.74) is 4.58.